The molecule has 0 spiro atoms. The molecule has 0 unspecified atom stereocenters. The minimum atomic E-state index is -0.0768. The Morgan fingerprint density at radius 2 is 1.75 bits per heavy atom. The van der Waals surface area contributed by atoms with Crippen LogP contribution >= 0.6 is 0 Å². The van der Waals surface area contributed by atoms with Crippen LogP contribution in [0.5, 0.6) is 0 Å². The van der Waals surface area contributed by atoms with Crippen molar-refractivity contribution in [3.05, 3.63) is 0 Å². The number of nitrogens with zero attached hydrogens (tertiary/aromatic N) is 2. The van der Waals surface area contributed by atoms with Gasteiger partial charge in [0.15, 0.2) is 0 Å². The van der Waals surface area contributed by atoms with E-state index in [2.05, 4.69) is 16.8 Å². The molecule has 1 amide bonds. The monoisotopic (exact) mass is 223 g/mol. The van der Waals surface area contributed by atoms with Gasteiger partial charge in [0.25, 0.3) is 0 Å². The zero-order chi connectivity index (χ0) is 11.4. The Labute approximate surface area is 96.8 Å². The van der Waals surface area contributed by atoms with Gasteiger partial charge >= 0.3 is 0 Å². The van der Waals surface area contributed by atoms with Crippen molar-refractivity contribution in [2.24, 2.45) is 16.6 Å². The molecule has 1 aliphatic heterocycles. The number of rotatable bonds is 3. The van der Waals surface area contributed by atoms with E-state index in [1.807, 2.05) is 0 Å². The van der Waals surface area contributed by atoms with E-state index in [-0.39, 0.29) is 11.3 Å². The molecule has 90 valence electrons. The highest BCUT2D eigenvalue weighted by Gasteiger charge is 2.70. The fourth-order valence-electron chi connectivity index (χ4n) is 3.91. The first-order valence-corrected chi connectivity index (χ1v) is 6.25. The lowest BCUT2D eigenvalue weighted by Crippen LogP contribution is -2.70. The van der Waals surface area contributed by atoms with Crippen molar-refractivity contribution < 1.29 is 4.79 Å². The van der Waals surface area contributed by atoms with Crippen molar-refractivity contribution >= 4 is 5.91 Å². The van der Waals surface area contributed by atoms with E-state index < -0.39 is 0 Å². The third-order valence-corrected chi connectivity index (χ3v) is 4.82. The van der Waals surface area contributed by atoms with Crippen molar-refractivity contribution in [1.29, 1.82) is 0 Å². The van der Waals surface area contributed by atoms with Crippen molar-refractivity contribution in [3.63, 3.8) is 0 Å². The molecule has 1 heterocycles. The summed E-state index contributed by atoms with van der Waals surface area (Å²) >= 11 is 0. The maximum atomic E-state index is 11.2. The Hall–Kier alpha value is -0.610. The summed E-state index contributed by atoms with van der Waals surface area (Å²) in [4.78, 5) is 16.2. The summed E-state index contributed by atoms with van der Waals surface area (Å²) in [6, 6.07) is 0. The fraction of sp³-hybridized carbons (Fsp3) is 0.917. The average Bonchev–Trinajstić information content (AvgIpc) is 2.11. The number of hydrogen-bond acceptors (Lipinski definition) is 3. The van der Waals surface area contributed by atoms with Gasteiger partial charge in [-0.2, -0.15) is 0 Å². The van der Waals surface area contributed by atoms with Crippen LogP contribution in [0.25, 0.3) is 0 Å². The Morgan fingerprint density at radius 3 is 2.25 bits per heavy atom. The number of piperazine rings is 1. The molecular formula is C12H21N3O. The van der Waals surface area contributed by atoms with Crippen LogP contribution in [0, 0.1) is 10.8 Å². The molecule has 4 aliphatic rings. The van der Waals surface area contributed by atoms with Crippen molar-refractivity contribution in [2.75, 3.05) is 39.8 Å². The molecule has 3 aliphatic carbocycles. The maximum absolute atomic E-state index is 11.2. The second-order valence-electron chi connectivity index (χ2n) is 6.25. The summed E-state index contributed by atoms with van der Waals surface area (Å²) in [5, 5.41) is 0. The molecule has 1 saturated heterocycles. The lowest BCUT2D eigenvalue weighted by Gasteiger charge is -2.70. The van der Waals surface area contributed by atoms with Crippen molar-refractivity contribution in [3.8, 4) is 0 Å². The molecule has 0 aromatic rings. The zero-order valence-corrected chi connectivity index (χ0v) is 10.0. The van der Waals surface area contributed by atoms with Crippen LogP contribution in [0.15, 0.2) is 0 Å². The molecule has 0 atom stereocenters. The first kappa shape index (κ1) is 10.5. The summed E-state index contributed by atoms with van der Waals surface area (Å²) in [5.41, 5.74) is 5.81. The van der Waals surface area contributed by atoms with Gasteiger partial charge in [0.2, 0.25) is 5.91 Å². The minimum Gasteiger partial charge on any atom is -0.369 e. The van der Waals surface area contributed by atoms with E-state index in [1.54, 1.807) is 0 Å². The van der Waals surface area contributed by atoms with E-state index >= 15 is 0 Å². The fourth-order valence-corrected chi connectivity index (χ4v) is 3.91. The number of carbonyl (C=O) groups excluding carboxylic acids is 1. The number of hydrogen-bond donors (Lipinski definition) is 1. The topological polar surface area (TPSA) is 49.6 Å². The molecule has 4 fully saturated rings. The van der Waals surface area contributed by atoms with Crippen LogP contribution in [-0.2, 0) is 4.79 Å². The smallest absolute Gasteiger partial charge is 0.223 e. The van der Waals surface area contributed by atoms with Crippen LogP contribution in [0.1, 0.15) is 19.3 Å². The lowest BCUT2D eigenvalue weighted by atomic mass is 9.35. The number of likely N-dealkylation sites (N-methyl/N-ethyl adjacent to an activating group) is 1. The van der Waals surface area contributed by atoms with Crippen LogP contribution in [0.3, 0.4) is 0 Å². The molecule has 16 heavy (non-hydrogen) atoms. The molecule has 2 bridgehead atoms. The summed E-state index contributed by atoms with van der Waals surface area (Å²) in [5.74, 6) is -0.0623. The lowest BCUT2D eigenvalue weighted by molar-refractivity contribution is -0.212. The van der Waals surface area contributed by atoms with Gasteiger partial charge in [0.1, 0.15) is 0 Å². The van der Waals surface area contributed by atoms with E-state index in [9.17, 15) is 4.79 Å². The molecule has 4 heteroatoms. The second-order valence-corrected chi connectivity index (χ2v) is 6.25. The summed E-state index contributed by atoms with van der Waals surface area (Å²) in [6.45, 7) is 5.91. The van der Waals surface area contributed by atoms with Crippen molar-refractivity contribution in [1.82, 2.24) is 9.80 Å². The number of primary amides is 1. The van der Waals surface area contributed by atoms with Crippen LogP contribution < -0.4 is 5.73 Å². The number of carbonyl (C=O) groups is 1. The Balaban J connectivity index is 1.50. The second kappa shape index (κ2) is 3.20. The first-order valence-electron chi connectivity index (χ1n) is 6.25. The van der Waals surface area contributed by atoms with Gasteiger partial charge < -0.3 is 15.5 Å². The SMILES string of the molecule is CN1CCN(CC23CC(C(N)=O)(C2)C3)CC1. The molecule has 0 radical (unpaired) electrons. The standard InChI is InChI=1S/C12H21N3O/c1-14-2-4-15(5-3-14)9-11-6-12(7-11,8-11)10(13)16/h2-9H2,1H3,(H2,13,16). The average molecular weight is 223 g/mol. The van der Waals surface area contributed by atoms with Gasteiger partial charge in [0, 0.05) is 32.7 Å². The van der Waals surface area contributed by atoms with Crippen LogP contribution in [0.2, 0.25) is 0 Å². The van der Waals surface area contributed by atoms with Crippen molar-refractivity contribution in [2.45, 2.75) is 19.3 Å². The van der Waals surface area contributed by atoms with E-state index in [1.165, 1.54) is 32.7 Å². The summed E-state index contributed by atoms with van der Waals surface area (Å²) in [6.07, 6.45) is 3.17. The zero-order valence-electron chi connectivity index (χ0n) is 10.0. The highest BCUT2D eigenvalue weighted by atomic mass is 16.1. The predicted octanol–water partition coefficient (Wildman–Crippen LogP) is -0.111. The molecule has 4 rings (SSSR count). The molecular weight excluding hydrogens is 202 g/mol. The first-order chi connectivity index (χ1) is 7.54. The number of nitrogens with two attached hydrogens (primary N) is 1. The van der Waals surface area contributed by atoms with Crippen LogP contribution in [-0.4, -0.2) is 55.5 Å². The highest BCUT2D eigenvalue weighted by molar-refractivity contribution is 5.84. The van der Waals surface area contributed by atoms with Gasteiger partial charge in [-0.3, -0.25) is 4.79 Å². The molecule has 4 nitrogen and oxygen atoms in total. The van der Waals surface area contributed by atoms with E-state index in [4.69, 9.17) is 5.73 Å². The summed E-state index contributed by atoms with van der Waals surface area (Å²) < 4.78 is 0. The van der Waals surface area contributed by atoms with Gasteiger partial charge in [-0.15, -0.1) is 0 Å². The normalized spacial score (nSPS) is 43.6. The molecule has 3 saturated carbocycles. The molecule has 2 N–H and O–H groups in total. The predicted molar refractivity (Wildman–Crippen MR) is 61.8 cm³/mol. The van der Waals surface area contributed by atoms with Gasteiger partial charge in [-0.1, -0.05) is 0 Å². The Morgan fingerprint density at radius 1 is 1.19 bits per heavy atom. The molecule has 0 aromatic carbocycles. The third-order valence-electron chi connectivity index (χ3n) is 4.82. The maximum Gasteiger partial charge on any atom is 0.223 e. The quantitative estimate of drug-likeness (QED) is 0.726. The van der Waals surface area contributed by atoms with Crippen LogP contribution in [0.4, 0.5) is 0 Å². The van der Waals surface area contributed by atoms with E-state index in [0.29, 0.717) is 5.41 Å². The minimum absolute atomic E-state index is 0.0623. The summed E-state index contributed by atoms with van der Waals surface area (Å²) in [7, 11) is 2.18. The van der Waals surface area contributed by atoms with E-state index in [0.717, 1.165) is 19.3 Å². The van der Waals surface area contributed by atoms with Gasteiger partial charge in [0.05, 0.1) is 5.41 Å². The Kier molecular flexibility index (Phi) is 2.11. The van der Waals surface area contributed by atoms with Gasteiger partial charge in [-0.05, 0) is 31.7 Å². The van der Waals surface area contributed by atoms with Gasteiger partial charge in [-0.25, -0.2) is 0 Å². The molecule has 0 aromatic heterocycles. The number of amides is 1. The highest BCUT2D eigenvalue weighted by Crippen LogP contribution is 2.73. The third kappa shape index (κ3) is 1.39. The Bertz CT molecular complexity index is 300. The largest absolute Gasteiger partial charge is 0.369 e.